The fourth-order valence-electron chi connectivity index (χ4n) is 2.99. The molecule has 3 heterocycles. The van der Waals surface area contributed by atoms with Gasteiger partial charge in [-0.3, -0.25) is 0 Å². The Morgan fingerprint density at radius 3 is 2.77 bits per heavy atom. The van der Waals surface area contributed by atoms with E-state index in [1.165, 1.54) is 6.07 Å². The number of hydrogen-bond acceptors (Lipinski definition) is 5. The summed E-state index contributed by atoms with van der Waals surface area (Å²) in [6.07, 6.45) is 1.46. The van der Waals surface area contributed by atoms with Crippen molar-refractivity contribution in [3.05, 3.63) is 52.8 Å². The topological polar surface area (TPSA) is 71.3 Å². The van der Waals surface area contributed by atoms with Crippen LogP contribution in [0.15, 0.2) is 45.5 Å². The molecule has 4 rings (SSSR count). The second kappa shape index (κ2) is 7.25. The van der Waals surface area contributed by atoms with Crippen LogP contribution in [0.25, 0.3) is 11.5 Å². The highest BCUT2D eigenvalue weighted by molar-refractivity contribution is 7.08. The predicted molar refractivity (Wildman–Crippen MR) is 96.6 cm³/mol. The molecule has 2 aromatic heterocycles. The fraction of sp³-hybridized carbons (Fsp3) is 0.278. The van der Waals surface area contributed by atoms with Crippen molar-refractivity contribution in [3.63, 3.8) is 0 Å². The first-order valence-electron chi connectivity index (χ1n) is 8.37. The fourth-order valence-corrected chi connectivity index (χ4v) is 3.62. The summed E-state index contributed by atoms with van der Waals surface area (Å²) < 4.78 is 19.4. The Morgan fingerprint density at radius 1 is 1.23 bits per heavy atom. The number of thiophene rings is 1. The number of nitrogens with one attached hydrogen (secondary N) is 1. The molecule has 26 heavy (non-hydrogen) atoms. The number of nitrogens with zero attached hydrogens (tertiary/aromatic N) is 3. The van der Waals surface area contributed by atoms with E-state index in [-0.39, 0.29) is 17.6 Å². The third-order valence-corrected chi connectivity index (χ3v) is 5.14. The number of anilines is 1. The standard InChI is InChI=1S/C18H17FN4O2S/c19-14-3-1-2-4-15(14)20-18(24)23-8-5-12(6-9-23)16-21-22-17(25-16)13-7-10-26-11-13/h1-4,7,10-12H,5-6,8-9H2,(H,20,24). The summed E-state index contributed by atoms with van der Waals surface area (Å²) in [5.41, 5.74) is 1.12. The molecule has 6 nitrogen and oxygen atoms in total. The van der Waals surface area contributed by atoms with Crippen LogP contribution in [0.4, 0.5) is 14.9 Å². The van der Waals surface area contributed by atoms with Crippen molar-refractivity contribution < 1.29 is 13.6 Å². The van der Waals surface area contributed by atoms with Gasteiger partial charge in [0, 0.05) is 30.0 Å². The third kappa shape index (κ3) is 3.45. The van der Waals surface area contributed by atoms with Crippen LogP contribution >= 0.6 is 11.3 Å². The number of para-hydroxylation sites is 1. The van der Waals surface area contributed by atoms with Crippen LogP contribution in [0.1, 0.15) is 24.7 Å². The van der Waals surface area contributed by atoms with Crippen LogP contribution in [0.5, 0.6) is 0 Å². The minimum Gasteiger partial charge on any atom is -0.420 e. The summed E-state index contributed by atoms with van der Waals surface area (Å²) >= 11 is 1.58. The van der Waals surface area contributed by atoms with Gasteiger partial charge in [0.25, 0.3) is 0 Å². The van der Waals surface area contributed by atoms with E-state index >= 15 is 0 Å². The summed E-state index contributed by atoms with van der Waals surface area (Å²) in [5.74, 6) is 0.830. The number of halogens is 1. The van der Waals surface area contributed by atoms with Gasteiger partial charge in [0.2, 0.25) is 11.8 Å². The quantitative estimate of drug-likeness (QED) is 0.742. The number of urea groups is 1. The smallest absolute Gasteiger partial charge is 0.321 e. The van der Waals surface area contributed by atoms with E-state index in [0.717, 1.165) is 18.4 Å². The van der Waals surface area contributed by atoms with Gasteiger partial charge in [-0.25, -0.2) is 9.18 Å². The minimum atomic E-state index is -0.442. The Morgan fingerprint density at radius 2 is 2.04 bits per heavy atom. The highest BCUT2D eigenvalue weighted by Gasteiger charge is 2.27. The van der Waals surface area contributed by atoms with Crippen molar-refractivity contribution >= 4 is 23.1 Å². The van der Waals surface area contributed by atoms with Crippen molar-refractivity contribution in [2.75, 3.05) is 18.4 Å². The lowest BCUT2D eigenvalue weighted by Crippen LogP contribution is -2.40. The first kappa shape index (κ1) is 16.7. The molecule has 2 amide bonds. The highest BCUT2D eigenvalue weighted by Crippen LogP contribution is 2.30. The maximum absolute atomic E-state index is 13.7. The number of carbonyl (C=O) groups excluding carboxylic acids is 1. The summed E-state index contributed by atoms with van der Waals surface area (Å²) in [5, 5.41) is 14.8. The number of rotatable bonds is 3. The molecule has 1 aliphatic rings. The van der Waals surface area contributed by atoms with E-state index in [1.807, 2.05) is 16.8 Å². The van der Waals surface area contributed by atoms with Crippen LogP contribution in [0, 0.1) is 5.82 Å². The number of aromatic nitrogens is 2. The zero-order chi connectivity index (χ0) is 17.9. The lowest BCUT2D eigenvalue weighted by Gasteiger charge is -2.30. The van der Waals surface area contributed by atoms with Gasteiger partial charge in [-0.05, 0) is 36.4 Å². The van der Waals surface area contributed by atoms with Crippen molar-refractivity contribution in [2.45, 2.75) is 18.8 Å². The number of amides is 2. The molecule has 0 bridgehead atoms. The van der Waals surface area contributed by atoms with Crippen LogP contribution in [0.3, 0.4) is 0 Å². The Kier molecular flexibility index (Phi) is 4.66. The molecule has 0 spiro atoms. The van der Waals surface area contributed by atoms with Crippen molar-refractivity contribution in [1.29, 1.82) is 0 Å². The van der Waals surface area contributed by atoms with Gasteiger partial charge in [0.05, 0.1) is 5.69 Å². The van der Waals surface area contributed by atoms with E-state index in [2.05, 4.69) is 15.5 Å². The number of carbonyl (C=O) groups is 1. The molecule has 1 aliphatic heterocycles. The van der Waals surface area contributed by atoms with Gasteiger partial charge in [0.1, 0.15) is 5.82 Å². The maximum Gasteiger partial charge on any atom is 0.321 e. The predicted octanol–water partition coefficient (Wildman–Crippen LogP) is 4.35. The van der Waals surface area contributed by atoms with Crippen LogP contribution < -0.4 is 5.32 Å². The molecule has 0 unspecified atom stereocenters. The van der Waals surface area contributed by atoms with Crippen LogP contribution in [-0.4, -0.2) is 34.2 Å². The second-order valence-corrected chi connectivity index (χ2v) is 6.91. The Balaban J connectivity index is 1.35. The molecule has 1 saturated heterocycles. The number of likely N-dealkylation sites (tertiary alicyclic amines) is 1. The van der Waals surface area contributed by atoms with Gasteiger partial charge in [-0.2, -0.15) is 11.3 Å². The molecule has 0 radical (unpaired) electrons. The first-order chi connectivity index (χ1) is 12.7. The second-order valence-electron chi connectivity index (χ2n) is 6.13. The van der Waals surface area contributed by atoms with Gasteiger partial charge in [-0.15, -0.1) is 10.2 Å². The Bertz CT molecular complexity index is 888. The van der Waals surface area contributed by atoms with Crippen LogP contribution in [0.2, 0.25) is 0 Å². The molecule has 1 fully saturated rings. The number of piperidine rings is 1. The van der Waals surface area contributed by atoms with Crippen LogP contribution in [-0.2, 0) is 0 Å². The molecule has 134 valence electrons. The molecule has 1 N–H and O–H groups in total. The average Bonchev–Trinajstić information content (AvgIpc) is 3.35. The molecular formula is C18H17FN4O2S. The van der Waals surface area contributed by atoms with E-state index in [0.29, 0.717) is 24.9 Å². The van der Waals surface area contributed by atoms with Gasteiger partial charge < -0.3 is 14.6 Å². The zero-order valence-corrected chi connectivity index (χ0v) is 14.7. The summed E-state index contributed by atoms with van der Waals surface area (Å²) in [6.45, 7) is 1.11. The summed E-state index contributed by atoms with van der Waals surface area (Å²) in [6, 6.07) is 7.79. The highest BCUT2D eigenvalue weighted by atomic mass is 32.1. The van der Waals surface area contributed by atoms with E-state index in [9.17, 15) is 9.18 Å². The molecule has 0 aliphatic carbocycles. The Labute approximate surface area is 153 Å². The number of hydrogen-bond donors (Lipinski definition) is 1. The minimum absolute atomic E-state index is 0.132. The van der Waals surface area contributed by atoms with Gasteiger partial charge in [-0.1, -0.05) is 12.1 Å². The average molecular weight is 372 g/mol. The van der Waals surface area contributed by atoms with Gasteiger partial charge >= 0.3 is 6.03 Å². The largest absolute Gasteiger partial charge is 0.420 e. The SMILES string of the molecule is O=C(Nc1ccccc1F)N1CCC(c2nnc(-c3ccsc3)o2)CC1. The molecule has 8 heteroatoms. The molecule has 1 aromatic carbocycles. The molecule has 0 saturated carbocycles. The summed E-state index contributed by atoms with van der Waals surface area (Å²) in [7, 11) is 0. The molecular weight excluding hydrogens is 355 g/mol. The van der Waals surface area contributed by atoms with Crippen molar-refractivity contribution in [2.24, 2.45) is 0 Å². The summed E-state index contributed by atoms with van der Waals surface area (Å²) in [4.78, 5) is 14.0. The van der Waals surface area contributed by atoms with E-state index < -0.39 is 5.82 Å². The van der Waals surface area contributed by atoms with E-state index in [4.69, 9.17) is 4.42 Å². The zero-order valence-electron chi connectivity index (χ0n) is 13.9. The third-order valence-electron chi connectivity index (χ3n) is 4.46. The maximum atomic E-state index is 13.7. The lowest BCUT2D eigenvalue weighted by atomic mass is 9.97. The van der Waals surface area contributed by atoms with Crippen molar-refractivity contribution in [3.8, 4) is 11.5 Å². The van der Waals surface area contributed by atoms with Crippen molar-refractivity contribution in [1.82, 2.24) is 15.1 Å². The Hall–Kier alpha value is -2.74. The number of benzene rings is 1. The van der Waals surface area contributed by atoms with E-state index in [1.54, 1.807) is 34.4 Å². The van der Waals surface area contributed by atoms with Gasteiger partial charge in [0.15, 0.2) is 0 Å². The molecule has 0 atom stereocenters. The monoisotopic (exact) mass is 372 g/mol. The molecule has 3 aromatic rings. The lowest BCUT2D eigenvalue weighted by molar-refractivity contribution is 0.190. The normalized spacial score (nSPS) is 15.2. The first-order valence-corrected chi connectivity index (χ1v) is 9.31.